The Kier molecular flexibility index (Phi) is 6.04. The third-order valence-electron chi connectivity index (χ3n) is 3.77. The number of carbonyl (C=O) groups excluding carboxylic acids is 3. The Morgan fingerprint density at radius 2 is 1.85 bits per heavy atom. The summed E-state index contributed by atoms with van der Waals surface area (Å²) < 4.78 is 13.6. The summed E-state index contributed by atoms with van der Waals surface area (Å²) in [4.78, 5) is 37.8. The number of anilines is 2. The molecule has 1 N–H and O–H groups in total. The Morgan fingerprint density at radius 1 is 1.19 bits per heavy atom. The molecular weight excluding hydrogens is 414 g/mol. The highest BCUT2D eigenvalue weighted by molar-refractivity contribution is 8.01. The summed E-state index contributed by atoms with van der Waals surface area (Å²) in [6.45, 7) is 0. The summed E-state index contributed by atoms with van der Waals surface area (Å²) >= 11 is 12.9. The van der Waals surface area contributed by atoms with Crippen molar-refractivity contribution in [3.8, 4) is 0 Å². The van der Waals surface area contributed by atoms with E-state index in [0.29, 0.717) is 15.7 Å². The Balaban J connectivity index is 1.63. The van der Waals surface area contributed by atoms with Crippen LogP contribution in [0, 0.1) is 5.82 Å². The number of thioether (sulfide) groups is 1. The van der Waals surface area contributed by atoms with Gasteiger partial charge in [-0.2, -0.15) is 0 Å². The second-order valence-electron chi connectivity index (χ2n) is 5.73. The molecule has 1 aliphatic rings. The third kappa shape index (κ3) is 4.61. The molecule has 3 amide bonds. The molecule has 0 spiro atoms. The van der Waals surface area contributed by atoms with E-state index in [1.54, 1.807) is 6.07 Å². The van der Waals surface area contributed by atoms with E-state index in [2.05, 4.69) is 5.32 Å². The fourth-order valence-corrected chi connectivity index (χ4v) is 4.05. The fourth-order valence-electron chi connectivity index (χ4n) is 2.60. The maximum atomic E-state index is 13.6. The van der Waals surface area contributed by atoms with Crippen LogP contribution in [0.4, 0.5) is 15.8 Å². The van der Waals surface area contributed by atoms with Crippen molar-refractivity contribution >= 4 is 64.1 Å². The first-order valence-electron chi connectivity index (χ1n) is 7.84. The van der Waals surface area contributed by atoms with Crippen LogP contribution in [0.2, 0.25) is 10.0 Å². The lowest BCUT2D eigenvalue weighted by Crippen LogP contribution is -2.31. The topological polar surface area (TPSA) is 66.5 Å². The minimum atomic E-state index is -0.707. The molecule has 9 heteroatoms. The summed E-state index contributed by atoms with van der Waals surface area (Å²) in [6, 6.07) is 10.2. The van der Waals surface area contributed by atoms with E-state index in [4.69, 9.17) is 23.2 Å². The molecule has 0 unspecified atom stereocenters. The van der Waals surface area contributed by atoms with E-state index in [-0.39, 0.29) is 17.9 Å². The van der Waals surface area contributed by atoms with E-state index in [9.17, 15) is 18.8 Å². The van der Waals surface area contributed by atoms with Gasteiger partial charge in [0.2, 0.25) is 17.7 Å². The van der Waals surface area contributed by atoms with Crippen LogP contribution in [-0.2, 0) is 14.4 Å². The quantitative estimate of drug-likeness (QED) is 0.729. The summed E-state index contributed by atoms with van der Waals surface area (Å²) in [7, 11) is 0. The fraction of sp³-hybridized carbons (Fsp3) is 0.167. The van der Waals surface area contributed by atoms with Crippen molar-refractivity contribution in [1.29, 1.82) is 0 Å². The molecule has 1 heterocycles. The predicted octanol–water partition coefficient (Wildman–Crippen LogP) is 4.14. The average molecular weight is 427 g/mol. The molecule has 27 heavy (non-hydrogen) atoms. The number of rotatable bonds is 5. The second kappa shape index (κ2) is 8.29. The average Bonchev–Trinajstić information content (AvgIpc) is 2.88. The minimum Gasteiger partial charge on any atom is -0.323 e. The van der Waals surface area contributed by atoms with Gasteiger partial charge in [0.15, 0.2) is 0 Å². The van der Waals surface area contributed by atoms with Gasteiger partial charge in [-0.15, -0.1) is 11.8 Å². The van der Waals surface area contributed by atoms with Gasteiger partial charge in [-0.1, -0.05) is 35.3 Å². The van der Waals surface area contributed by atoms with Gasteiger partial charge in [-0.05, 0) is 30.3 Å². The number of para-hydroxylation sites is 1. The summed E-state index contributed by atoms with van der Waals surface area (Å²) in [6.07, 6.45) is -0.0411. The molecule has 0 bridgehead atoms. The van der Waals surface area contributed by atoms with Crippen LogP contribution in [0.1, 0.15) is 6.42 Å². The van der Waals surface area contributed by atoms with Gasteiger partial charge in [-0.25, -0.2) is 9.29 Å². The first kappa shape index (κ1) is 19.7. The monoisotopic (exact) mass is 426 g/mol. The number of hydrogen-bond donors (Lipinski definition) is 1. The van der Waals surface area contributed by atoms with Crippen LogP contribution < -0.4 is 10.2 Å². The van der Waals surface area contributed by atoms with Gasteiger partial charge >= 0.3 is 0 Å². The van der Waals surface area contributed by atoms with Gasteiger partial charge in [0.05, 0.1) is 22.4 Å². The Bertz CT molecular complexity index is 905. The molecule has 0 aliphatic carbocycles. The molecule has 0 saturated carbocycles. The molecule has 140 valence electrons. The molecular formula is C18H13Cl2FN2O3S. The summed E-state index contributed by atoms with van der Waals surface area (Å²) in [5.74, 6) is -1.95. The number of nitrogens with zero attached hydrogens (tertiary/aromatic N) is 1. The first-order valence-corrected chi connectivity index (χ1v) is 9.64. The smallest absolute Gasteiger partial charge is 0.247 e. The number of amides is 3. The summed E-state index contributed by atoms with van der Waals surface area (Å²) in [5.41, 5.74) is 0.355. The van der Waals surface area contributed by atoms with Crippen LogP contribution in [0.5, 0.6) is 0 Å². The van der Waals surface area contributed by atoms with Crippen LogP contribution in [0.3, 0.4) is 0 Å². The SMILES string of the molecule is O=C(CS[C@H]1CC(=O)N(c2cc(Cl)cc(Cl)c2)C1=O)Nc1ccccc1F. The van der Waals surface area contributed by atoms with E-state index >= 15 is 0 Å². The lowest BCUT2D eigenvalue weighted by molar-refractivity contribution is -0.121. The van der Waals surface area contributed by atoms with Gasteiger partial charge in [0.1, 0.15) is 5.82 Å². The van der Waals surface area contributed by atoms with E-state index in [1.807, 2.05) is 0 Å². The zero-order chi connectivity index (χ0) is 19.6. The summed E-state index contributed by atoms with van der Waals surface area (Å²) in [5, 5.41) is 2.34. The maximum Gasteiger partial charge on any atom is 0.247 e. The van der Waals surface area contributed by atoms with Crippen molar-refractivity contribution in [2.45, 2.75) is 11.7 Å². The number of halogens is 3. The van der Waals surface area contributed by atoms with Crippen LogP contribution in [0.15, 0.2) is 42.5 Å². The Morgan fingerprint density at radius 3 is 2.52 bits per heavy atom. The van der Waals surface area contributed by atoms with Crippen molar-refractivity contribution in [3.05, 3.63) is 58.3 Å². The van der Waals surface area contributed by atoms with E-state index in [1.165, 1.54) is 36.4 Å². The molecule has 0 aromatic heterocycles. The van der Waals surface area contributed by atoms with Crippen LogP contribution in [-0.4, -0.2) is 28.7 Å². The predicted molar refractivity (Wildman–Crippen MR) is 105 cm³/mol. The molecule has 1 fully saturated rings. The number of carbonyl (C=O) groups is 3. The molecule has 2 aromatic carbocycles. The zero-order valence-corrected chi connectivity index (χ0v) is 16.1. The van der Waals surface area contributed by atoms with Gasteiger partial charge in [0, 0.05) is 16.5 Å². The Labute approximate surface area is 168 Å². The van der Waals surface area contributed by atoms with Crippen molar-refractivity contribution in [2.75, 3.05) is 16.0 Å². The van der Waals surface area contributed by atoms with Gasteiger partial charge < -0.3 is 5.32 Å². The molecule has 2 aromatic rings. The molecule has 3 rings (SSSR count). The maximum absolute atomic E-state index is 13.6. The lowest BCUT2D eigenvalue weighted by atomic mass is 10.3. The van der Waals surface area contributed by atoms with Crippen LogP contribution >= 0.6 is 35.0 Å². The van der Waals surface area contributed by atoms with E-state index < -0.39 is 28.8 Å². The molecule has 0 radical (unpaired) electrons. The highest BCUT2D eigenvalue weighted by atomic mass is 35.5. The van der Waals surface area contributed by atoms with Crippen molar-refractivity contribution in [2.24, 2.45) is 0 Å². The van der Waals surface area contributed by atoms with Gasteiger partial charge in [-0.3, -0.25) is 14.4 Å². The number of nitrogens with one attached hydrogen (secondary N) is 1. The van der Waals surface area contributed by atoms with Crippen molar-refractivity contribution in [1.82, 2.24) is 0 Å². The van der Waals surface area contributed by atoms with E-state index in [0.717, 1.165) is 16.7 Å². The highest BCUT2D eigenvalue weighted by Gasteiger charge is 2.40. The molecule has 1 saturated heterocycles. The molecule has 5 nitrogen and oxygen atoms in total. The minimum absolute atomic E-state index is 0.0411. The zero-order valence-electron chi connectivity index (χ0n) is 13.7. The van der Waals surface area contributed by atoms with Crippen molar-refractivity contribution in [3.63, 3.8) is 0 Å². The first-order chi connectivity index (χ1) is 12.8. The molecule has 1 atom stereocenters. The number of hydrogen-bond acceptors (Lipinski definition) is 4. The number of imide groups is 1. The number of benzene rings is 2. The van der Waals surface area contributed by atoms with Crippen LogP contribution in [0.25, 0.3) is 0 Å². The highest BCUT2D eigenvalue weighted by Crippen LogP contribution is 2.33. The third-order valence-corrected chi connectivity index (χ3v) is 5.41. The standard InChI is InChI=1S/C18H13Cl2FN2O3S/c19-10-5-11(20)7-12(6-10)23-17(25)8-15(18(23)26)27-9-16(24)22-14-4-2-1-3-13(14)21/h1-7,15H,8-9H2,(H,22,24)/t15-/m0/s1. The van der Waals surface area contributed by atoms with Crippen molar-refractivity contribution < 1.29 is 18.8 Å². The normalized spacial score (nSPS) is 16.7. The largest absolute Gasteiger partial charge is 0.323 e. The van der Waals surface area contributed by atoms with Gasteiger partial charge in [0.25, 0.3) is 0 Å². The lowest BCUT2D eigenvalue weighted by Gasteiger charge is -2.15. The Hall–Kier alpha value is -2.09. The molecule has 1 aliphatic heterocycles. The second-order valence-corrected chi connectivity index (χ2v) is 7.79.